The fraction of sp³-hybridized carbons (Fsp3) is 0.238. The second kappa shape index (κ2) is 7.51. The number of benzene rings is 1. The summed E-state index contributed by atoms with van der Waals surface area (Å²) in [5.41, 5.74) is 2.26. The van der Waals surface area contributed by atoms with Crippen molar-refractivity contribution in [3.8, 4) is 28.8 Å². The molecule has 1 N–H and O–H groups in total. The van der Waals surface area contributed by atoms with Crippen LogP contribution in [-0.4, -0.2) is 44.8 Å². The van der Waals surface area contributed by atoms with E-state index in [1.807, 2.05) is 30.3 Å². The lowest BCUT2D eigenvalue weighted by Gasteiger charge is -2.16. The summed E-state index contributed by atoms with van der Waals surface area (Å²) in [5, 5.41) is 11.2. The predicted molar refractivity (Wildman–Crippen MR) is 105 cm³/mol. The van der Waals surface area contributed by atoms with Gasteiger partial charge >= 0.3 is 0 Å². The minimum Gasteiger partial charge on any atom is -0.497 e. The summed E-state index contributed by atoms with van der Waals surface area (Å²) in [4.78, 5) is 18.8. The van der Waals surface area contributed by atoms with E-state index in [1.165, 1.54) is 0 Å². The average molecular weight is 405 g/mol. The van der Waals surface area contributed by atoms with Crippen LogP contribution in [0.25, 0.3) is 23.0 Å². The molecule has 5 rings (SSSR count). The fourth-order valence-electron chi connectivity index (χ4n) is 3.58. The zero-order chi connectivity index (χ0) is 20.5. The molecule has 1 unspecified atom stereocenters. The van der Waals surface area contributed by atoms with Crippen molar-refractivity contribution >= 4 is 5.91 Å². The molecular weight excluding hydrogens is 386 g/mol. The molecule has 1 saturated heterocycles. The highest BCUT2D eigenvalue weighted by atomic mass is 16.5. The number of hydrogen-bond donors (Lipinski definition) is 1. The molecule has 9 nitrogen and oxygen atoms in total. The van der Waals surface area contributed by atoms with Crippen LogP contribution in [-0.2, 0) is 11.3 Å². The second-order valence-corrected chi connectivity index (χ2v) is 7.13. The van der Waals surface area contributed by atoms with E-state index in [2.05, 4.69) is 20.3 Å². The third kappa shape index (κ3) is 3.45. The summed E-state index contributed by atoms with van der Waals surface area (Å²) < 4.78 is 16.0. The summed E-state index contributed by atoms with van der Waals surface area (Å²) >= 11 is 0. The molecule has 0 bridgehead atoms. The number of aromatic nitrogens is 4. The van der Waals surface area contributed by atoms with Gasteiger partial charge < -0.3 is 18.6 Å². The second-order valence-electron chi connectivity index (χ2n) is 7.13. The van der Waals surface area contributed by atoms with Crippen molar-refractivity contribution in [3.05, 3.63) is 60.1 Å². The Morgan fingerprint density at radius 3 is 3.03 bits per heavy atom. The molecule has 1 aromatic carbocycles. The monoisotopic (exact) mass is 405 g/mol. The Morgan fingerprint density at radius 2 is 2.20 bits per heavy atom. The average Bonchev–Trinajstić information content (AvgIpc) is 3.54. The van der Waals surface area contributed by atoms with Gasteiger partial charge in [0.05, 0.1) is 13.4 Å². The Labute approximate surface area is 171 Å². The van der Waals surface area contributed by atoms with Crippen LogP contribution in [0.3, 0.4) is 0 Å². The molecule has 3 aromatic heterocycles. The van der Waals surface area contributed by atoms with Crippen LogP contribution in [0, 0.1) is 0 Å². The van der Waals surface area contributed by atoms with E-state index < -0.39 is 0 Å². The van der Waals surface area contributed by atoms with Gasteiger partial charge in [0.15, 0.2) is 11.6 Å². The maximum atomic E-state index is 12.5. The van der Waals surface area contributed by atoms with Crippen molar-refractivity contribution in [3.63, 3.8) is 0 Å². The number of furan rings is 1. The van der Waals surface area contributed by atoms with Gasteiger partial charge in [-0.05, 0) is 29.8 Å². The summed E-state index contributed by atoms with van der Waals surface area (Å²) in [6, 6.07) is 13.1. The van der Waals surface area contributed by atoms with Crippen LogP contribution < -0.4 is 4.74 Å². The zero-order valence-corrected chi connectivity index (χ0v) is 16.2. The highest BCUT2D eigenvalue weighted by molar-refractivity contribution is 5.79. The molecule has 0 spiro atoms. The topological polar surface area (TPSA) is 110 Å². The lowest BCUT2D eigenvalue weighted by atomic mass is 10.1. The third-order valence-corrected chi connectivity index (χ3v) is 5.11. The molecule has 1 aliphatic rings. The molecule has 0 aliphatic carbocycles. The number of ether oxygens (including phenoxy) is 1. The molecule has 1 amide bonds. The van der Waals surface area contributed by atoms with Gasteiger partial charge in [0.1, 0.15) is 17.1 Å². The molecule has 9 heteroatoms. The van der Waals surface area contributed by atoms with E-state index in [0.29, 0.717) is 48.4 Å². The van der Waals surface area contributed by atoms with E-state index >= 15 is 0 Å². The molecule has 1 aliphatic heterocycles. The van der Waals surface area contributed by atoms with Gasteiger partial charge in [-0.3, -0.25) is 9.89 Å². The Kier molecular flexibility index (Phi) is 4.55. The highest BCUT2D eigenvalue weighted by Crippen LogP contribution is 2.30. The number of rotatable bonds is 6. The summed E-state index contributed by atoms with van der Waals surface area (Å²) in [7, 11) is 1.63. The highest BCUT2D eigenvalue weighted by Gasteiger charge is 2.34. The van der Waals surface area contributed by atoms with Crippen molar-refractivity contribution in [2.24, 2.45) is 0 Å². The van der Waals surface area contributed by atoms with Gasteiger partial charge in [-0.25, -0.2) is 0 Å². The lowest BCUT2D eigenvalue weighted by molar-refractivity contribution is -0.128. The number of likely N-dealkylation sites (tertiary alicyclic amines) is 1. The number of carbonyl (C=O) groups is 1. The van der Waals surface area contributed by atoms with E-state index in [0.717, 1.165) is 11.3 Å². The Morgan fingerprint density at radius 1 is 1.27 bits per heavy atom. The smallest absolute Gasteiger partial charge is 0.275 e. The van der Waals surface area contributed by atoms with Gasteiger partial charge in [-0.2, -0.15) is 10.1 Å². The molecule has 1 fully saturated rings. The van der Waals surface area contributed by atoms with Gasteiger partial charge in [-0.1, -0.05) is 17.3 Å². The maximum Gasteiger partial charge on any atom is 0.275 e. The molecule has 152 valence electrons. The molecular formula is C21H19N5O4. The van der Waals surface area contributed by atoms with Crippen LogP contribution in [0.4, 0.5) is 0 Å². The minimum atomic E-state index is -0.118. The van der Waals surface area contributed by atoms with Crippen molar-refractivity contribution < 1.29 is 18.5 Å². The van der Waals surface area contributed by atoms with Crippen LogP contribution in [0.15, 0.2) is 57.7 Å². The molecule has 4 aromatic rings. The molecule has 30 heavy (non-hydrogen) atoms. The molecule has 0 radical (unpaired) electrons. The van der Waals surface area contributed by atoms with E-state index in [4.69, 9.17) is 13.7 Å². The van der Waals surface area contributed by atoms with Gasteiger partial charge in [-0.15, -0.1) is 0 Å². The number of methoxy groups -OCH3 is 1. The predicted octanol–water partition coefficient (Wildman–Crippen LogP) is 3.24. The lowest BCUT2D eigenvalue weighted by Crippen LogP contribution is -2.24. The number of nitrogens with one attached hydrogen (secondary N) is 1. The molecule has 4 heterocycles. The van der Waals surface area contributed by atoms with E-state index in [1.54, 1.807) is 30.4 Å². The first-order valence-corrected chi connectivity index (χ1v) is 9.53. The Hall–Kier alpha value is -3.88. The standard InChI is InChI=1S/C21H19N5O4/c1-28-15-5-2-4-13(8-15)11-26-12-14(9-19(26)27)20-22-21(30-25-20)17-10-16(23-24-17)18-6-3-7-29-18/h2-8,10,14H,9,11-12H2,1H3,(H,23,24). The number of nitrogens with zero attached hydrogens (tertiary/aromatic N) is 4. The summed E-state index contributed by atoms with van der Waals surface area (Å²) in [6.07, 6.45) is 1.94. The van der Waals surface area contributed by atoms with Crippen LogP contribution >= 0.6 is 0 Å². The first kappa shape index (κ1) is 18.2. The minimum absolute atomic E-state index is 0.0656. The number of amides is 1. The van der Waals surface area contributed by atoms with Gasteiger partial charge in [0.25, 0.3) is 5.89 Å². The fourth-order valence-corrected chi connectivity index (χ4v) is 3.58. The van der Waals surface area contributed by atoms with Crippen molar-refractivity contribution in [1.82, 2.24) is 25.2 Å². The Bertz CT molecular complexity index is 1160. The maximum absolute atomic E-state index is 12.5. The number of aromatic amines is 1. The Balaban J connectivity index is 1.29. The number of H-pyrrole nitrogens is 1. The third-order valence-electron chi connectivity index (χ3n) is 5.11. The molecule has 0 saturated carbocycles. The van der Waals surface area contributed by atoms with E-state index in [-0.39, 0.29) is 11.8 Å². The SMILES string of the molecule is COc1cccc(CN2CC(c3noc(-c4cc(-c5ccco5)n[nH]4)n3)CC2=O)c1. The van der Waals surface area contributed by atoms with Crippen molar-refractivity contribution in [1.29, 1.82) is 0 Å². The van der Waals surface area contributed by atoms with Crippen LogP contribution in [0.5, 0.6) is 5.75 Å². The van der Waals surface area contributed by atoms with Crippen LogP contribution in [0.2, 0.25) is 0 Å². The van der Waals surface area contributed by atoms with E-state index in [9.17, 15) is 4.79 Å². The van der Waals surface area contributed by atoms with Crippen molar-refractivity contribution in [2.75, 3.05) is 13.7 Å². The van der Waals surface area contributed by atoms with Gasteiger partial charge in [0, 0.05) is 31.5 Å². The first-order valence-electron chi connectivity index (χ1n) is 9.53. The van der Waals surface area contributed by atoms with Crippen LogP contribution in [0.1, 0.15) is 23.7 Å². The first-order chi connectivity index (χ1) is 14.7. The van der Waals surface area contributed by atoms with Crippen molar-refractivity contribution in [2.45, 2.75) is 18.9 Å². The quantitative estimate of drug-likeness (QED) is 0.524. The largest absolute Gasteiger partial charge is 0.497 e. The van der Waals surface area contributed by atoms with Gasteiger partial charge in [0.2, 0.25) is 5.91 Å². The summed E-state index contributed by atoms with van der Waals surface area (Å²) in [6.45, 7) is 1.06. The molecule has 1 atom stereocenters. The zero-order valence-electron chi connectivity index (χ0n) is 16.2. The summed E-state index contributed by atoms with van der Waals surface area (Å²) in [5.74, 6) is 2.21. The number of hydrogen-bond acceptors (Lipinski definition) is 7. The number of carbonyl (C=O) groups excluding carboxylic acids is 1. The normalized spacial score (nSPS) is 16.4.